The van der Waals surface area contributed by atoms with Crippen LogP contribution in [-0.2, 0) is 19.1 Å². The lowest BCUT2D eigenvalue weighted by molar-refractivity contribution is -0.242. The van der Waals surface area contributed by atoms with E-state index in [-0.39, 0.29) is 29.4 Å². The van der Waals surface area contributed by atoms with E-state index < -0.39 is 28.5 Å². The third-order valence-electron chi connectivity index (χ3n) is 10.8. The van der Waals surface area contributed by atoms with Crippen LogP contribution in [0.5, 0.6) is 0 Å². The van der Waals surface area contributed by atoms with Crippen LogP contribution in [-0.4, -0.2) is 59.9 Å². The summed E-state index contributed by atoms with van der Waals surface area (Å²) in [6.07, 6.45) is 6.47. The molecule has 9 atom stereocenters. The number of aliphatic carboxylic acids is 1. The summed E-state index contributed by atoms with van der Waals surface area (Å²) in [6.45, 7) is 17.0. The molecule has 196 valence electrons. The Hall–Kier alpha value is -1.24. The van der Waals surface area contributed by atoms with E-state index >= 15 is 0 Å². The Labute approximate surface area is 210 Å². The number of hydrogen-bond acceptors (Lipinski definition) is 5. The number of fused-ring (bicyclic) bond motifs is 2. The standard InChI is InChI=1S/C29H45NO5/c1-17(2)23-10-20-11-27(15-31)22-9-8-18(3)21(22)12-28(20,29(23,27)25(32)33)16-34-24-14-30(26(5,6)7)13-19(4)35-24/h10,15,17-22,24H,8-9,11-14,16H2,1-7H3,(H,32,33)/t18-,19-,20+,21-,22-,24-,27+,28?,29+/m1/s1. The van der Waals surface area contributed by atoms with Crippen molar-refractivity contribution < 1.29 is 24.2 Å². The predicted octanol–water partition coefficient (Wildman–Crippen LogP) is 4.77. The maximum absolute atomic E-state index is 13.5. The van der Waals surface area contributed by atoms with Crippen molar-refractivity contribution in [3.8, 4) is 0 Å². The number of aldehydes is 1. The van der Waals surface area contributed by atoms with Crippen LogP contribution in [0.15, 0.2) is 11.6 Å². The minimum absolute atomic E-state index is 0.00296. The van der Waals surface area contributed by atoms with Crippen LogP contribution in [0, 0.1) is 45.8 Å². The highest BCUT2D eigenvalue weighted by Gasteiger charge is 2.84. The molecule has 4 bridgehead atoms. The van der Waals surface area contributed by atoms with Gasteiger partial charge >= 0.3 is 5.97 Å². The SMILES string of the molecule is CC(C)C1=C[C@H]2C[C@]3(C=O)[C@@H]4CC[C@@H](C)[C@H]4CC2(CO[C@H]2CN(C(C)(C)C)C[C@@H](C)O2)[C@]13C(=O)O. The number of nitrogens with zero attached hydrogens (tertiary/aromatic N) is 1. The largest absolute Gasteiger partial charge is 0.481 e. The molecule has 0 aromatic rings. The minimum atomic E-state index is -1.18. The van der Waals surface area contributed by atoms with Gasteiger partial charge in [0.25, 0.3) is 0 Å². The smallest absolute Gasteiger partial charge is 0.315 e. The van der Waals surface area contributed by atoms with Crippen LogP contribution in [0.3, 0.4) is 0 Å². The van der Waals surface area contributed by atoms with Crippen LogP contribution >= 0.6 is 0 Å². The van der Waals surface area contributed by atoms with E-state index in [1.165, 1.54) is 0 Å². The third-order valence-corrected chi connectivity index (χ3v) is 10.8. The molecular formula is C29H45NO5. The molecule has 4 aliphatic carbocycles. The van der Waals surface area contributed by atoms with Gasteiger partial charge in [0.1, 0.15) is 11.7 Å². The number of morpholine rings is 1. The van der Waals surface area contributed by atoms with Gasteiger partial charge in [-0.05, 0) is 76.5 Å². The summed E-state index contributed by atoms with van der Waals surface area (Å²) < 4.78 is 12.8. The topological polar surface area (TPSA) is 76.1 Å². The number of allylic oxidation sites excluding steroid dienone is 1. The van der Waals surface area contributed by atoms with Crippen molar-refractivity contribution in [2.45, 2.75) is 92.1 Å². The first-order valence-corrected chi connectivity index (χ1v) is 13.8. The number of ether oxygens (including phenoxy) is 2. The van der Waals surface area contributed by atoms with Gasteiger partial charge in [-0.3, -0.25) is 9.69 Å². The van der Waals surface area contributed by atoms with E-state index in [2.05, 4.69) is 59.4 Å². The van der Waals surface area contributed by atoms with Gasteiger partial charge in [0.2, 0.25) is 0 Å². The Morgan fingerprint density at radius 2 is 1.97 bits per heavy atom. The van der Waals surface area contributed by atoms with Crippen molar-refractivity contribution in [3.63, 3.8) is 0 Å². The zero-order chi connectivity index (χ0) is 25.6. The number of carboxylic acids is 1. The van der Waals surface area contributed by atoms with E-state index in [0.717, 1.165) is 37.7 Å². The Morgan fingerprint density at radius 1 is 1.26 bits per heavy atom. The first kappa shape index (κ1) is 25.4. The van der Waals surface area contributed by atoms with Crippen LogP contribution in [0.25, 0.3) is 0 Å². The van der Waals surface area contributed by atoms with E-state index in [4.69, 9.17) is 9.47 Å². The number of hydrogen-bond donors (Lipinski definition) is 1. The molecule has 6 nitrogen and oxygen atoms in total. The van der Waals surface area contributed by atoms with Crippen molar-refractivity contribution in [1.29, 1.82) is 0 Å². The molecule has 35 heavy (non-hydrogen) atoms. The molecule has 6 heteroatoms. The highest BCUT2D eigenvalue weighted by molar-refractivity contribution is 5.90. The van der Waals surface area contributed by atoms with Crippen molar-refractivity contribution in [2.24, 2.45) is 45.8 Å². The molecule has 3 saturated carbocycles. The van der Waals surface area contributed by atoms with Crippen LogP contribution in [0.4, 0.5) is 0 Å². The van der Waals surface area contributed by atoms with Crippen molar-refractivity contribution in [1.82, 2.24) is 4.90 Å². The molecule has 1 aliphatic heterocycles. The van der Waals surface area contributed by atoms with Crippen LogP contribution in [0.1, 0.15) is 74.1 Å². The van der Waals surface area contributed by atoms with E-state index in [1.807, 2.05) is 0 Å². The Kier molecular flexibility index (Phi) is 5.90. The van der Waals surface area contributed by atoms with Gasteiger partial charge in [-0.25, -0.2) is 0 Å². The Bertz CT molecular complexity index is 923. The average Bonchev–Trinajstić information content (AvgIpc) is 3.34. The molecule has 4 fully saturated rings. The fourth-order valence-corrected chi connectivity index (χ4v) is 9.43. The molecule has 0 aromatic heterocycles. The number of carbonyl (C=O) groups excluding carboxylic acids is 1. The monoisotopic (exact) mass is 487 g/mol. The lowest BCUT2D eigenvalue weighted by atomic mass is 9.43. The summed E-state index contributed by atoms with van der Waals surface area (Å²) in [6, 6.07) is 0. The summed E-state index contributed by atoms with van der Waals surface area (Å²) in [5.41, 5.74) is -1.66. The minimum Gasteiger partial charge on any atom is -0.481 e. The van der Waals surface area contributed by atoms with Gasteiger partial charge in [-0.1, -0.05) is 38.8 Å². The zero-order valence-electron chi connectivity index (χ0n) is 22.7. The molecule has 1 unspecified atom stereocenters. The molecule has 0 radical (unpaired) electrons. The van der Waals surface area contributed by atoms with Gasteiger partial charge in [-0.15, -0.1) is 0 Å². The molecule has 1 saturated heterocycles. The Morgan fingerprint density at radius 3 is 2.57 bits per heavy atom. The maximum Gasteiger partial charge on any atom is 0.315 e. The van der Waals surface area contributed by atoms with E-state index in [1.54, 1.807) is 0 Å². The van der Waals surface area contributed by atoms with Crippen molar-refractivity contribution in [3.05, 3.63) is 11.6 Å². The second-order valence-electron chi connectivity index (χ2n) is 13.7. The van der Waals surface area contributed by atoms with Crippen molar-refractivity contribution in [2.75, 3.05) is 19.7 Å². The third kappa shape index (κ3) is 3.18. The summed E-state index contributed by atoms with van der Waals surface area (Å²) in [4.78, 5) is 29.1. The molecule has 0 aromatic carbocycles. The normalized spacial score (nSPS) is 47.1. The molecule has 5 aliphatic rings. The molecule has 5 rings (SSSR count). The van der Waals surface area contributed by atoms with Gasteiger partial charge in [0.05, 0.1) is 24.7 Å². The molecule has 1 N–H and O–H groups in total. The molecule has 0 spiro atoms. The van der Waals surface area contributed by atoms with Crippen LogP contribution in [0.2, 0.25) is 0 Å². The second kappa shape index (κ2) is 8.13. The van der Waals surface area contributed by atoms with Gasteiger partial charge in [0, 0.05) is 17.5 Å². The summed E-state index contributed by atoms with van der Waals surface area (Å²) in [5, 5.41) is 11.1. The first-order chi connectivity index (χ1) is 16.3. The lowest BCUT2D eigenvalue weighted by Crippen LogP contribution is -2.64. The van der Waals surface area contributed by atoms with E-state index in [0.29, 0.717) is 31.4 Å². The highest BCUT2D eigenvalue weighted by Crippen LogP contribution is 2.82. The van der Waals surface area contributed by atoms with Gasteiger partial charge in [-0.2, -0.15) is 0 Å². The predicted molar refractivity (Wildman–Crippen MR) is 134 cm³/mol. The maximum atomic E-state index is 13.5. The van der Waals surface area contributed by atoms with Gasteiger partial charge < -0.3 is 19.4 Å². The highest BCUT2D eigenvalue weighted by atomic mass is 16.7. The van der Waals surface area contributed by atoms with E-state index in [9.17, 15) is 14.7 Å². The zero-order valence-corrected chi connectivity index (χ0v) is 22.7. The summed E-state index contributed by atoms with van der Waals surface area (Å²) in [7, 11) is 0. The fourth-order valence-electron chi connectivity index (χ4n) is 9.43. The average molecular weight is 488 g/mol. The van der Waals surface area contributed by atoms with Crippen LogP contribution < -0.4 is 0 Å². The quantitative estimate of drug-likeness (QED) is 0.430. The van der Waals surface area contributed by atoms with Gasteiger partial charge in [0.15, 0.2) is 6.29 Å². The first-order valence-electron chi connectivity index (χ1n) is 13.8. The summed E-state index contributed by atoms with van der Waals surface area (Å²) in [5.74, 6) is 0.339. The molecule has 1 heterocycles. The second-order valence-corrected chi connectivity index (χ2v) is 13.7. The molecule has 0 amide bonds. The summed E-state index contributed by atoms with van der Waals surface area (Å²) >= 11 is 0. The number of carbonyl (C=O) groups is 2. The van der Waals surface area contributed by atoms with Crippen molar-refractivity contribution >= 4 is 12.3 Å². The Balaban J connectivity index is 1.55. The number of carboxylic acid groups (broad SMARTS) is 1. The molecular weight excluding hydrogens is 442 g/mol. The number of rotatable bonds is 6. The lowest BCUT2D eigenvalue weighted by Gasteiger charge is -2.58. The fraction of sp³-hybridized carbons (Fsp3) is 0.862.